The molecule has 3 aromatic rings. The molecular weight excluding hydrogens is 345 g/mol. The van der Waals surface area contributed by atoms with Crippen molar-refractivity contribution in [2.45, 2.75) is 6.18 Å². The molecule has 0 radical (unpaired) electrons. The first kappa shape index (κ1) is 16.0. The molecule has 0 fully saturated rings. The van der Waals surface area contributed by atoms with Gasteiger partial charge < -0.3 is 9.47 Å². The average molecular weight is 354 g/mol. The van der Waals surface area contributed by atoms with Crippen molar-refractivity contribution in [2.24, 2.45) is 0 Å². The summed E-state index contributed by atoms with van der Waals surface area (Å²) in [5, 5.41) is 7.74. The SMILES string of the molecule is FC(F)(F)c1ccccc1C#Cc1cc2c(nn1)Oc1ccccc1O2. The Hall–Kier alpha value is -3.53. The number of alkyl halides is 3. The van der Waals surface area contributed by atoms with Gasteiger partial charge in [-0.15, -0.1) is 10.2 Å². The van der Waals surface area contributed by atoms with Gasteiger partial charge in [0.15, 0.2) is 17.2 Å². The molecule has 0 aliphatic carbocycles. The first-order valence-corrected chi connectivity index (χ1v) is 7.51. The molecule has 26 heavy (non-hydrogen) atoms. The zero-order chi connectivity index (χ0) is 18.1. The molecule has 4 nitrogen and oxygen atoms in total. The molecule has 0 amide bonds. The Morgan fingerprint density at radius 1 is 0.769 bits per heavy atom. The van der Waals surface area contributed by atoms with E-state index in [1.54, 1.807) is 24.3 Å². The van der Waals surface area contributed by atoms with Gasteiger partial charge in [-0.2, -0.15) is 13.2 Å². The van der Waals surface area contributed by atoms with Crippen LogP contribution in [0.15, 0.2) is 54.6 Å². The molecule has 0 saturated heterocycles. The third-order valence-electron chi connectivity index (χ3n) is 3.56. The summed E-state index contributed by atoms with van der Waals surface area (Å²) in [4.78, 5) is 0. The van der Waals surface area contributed by atoms with Gasteiger partial charge in [0.25, 0.3) is 5.88 Å². The quantitative estimate of drug-likeness (QED) is 0.426. The summed E-state index contributed by atoms with van der Waals surface area (Å²) in [5.74, 6) is 6.57. The third kappa shape index (κ3) is 3.05. The average Bonchev–Trinajstić information content (AvgIpc) is 2.64. The van der Waals surface area contributed by atoms with Crippen molar-refractivity contribution in [3.05, 3.63) is 71.4 Å². The highest BCUT2D eigenvalue weighted by Gasteiger charge is 2.32. The molecule has 128 valence electrons. The number of aromatic nitrogens is 2. The molecule has 0 saturated carbocycles. The molecule has 0 atom stereocenters. The first-order valence-electron chi connectivity index (χ1n) is 7.51. The Balaban J connectivity index is 1.66. The number of nitrogens with zero attached hydrogens (tertiary/aromatic N) is 2. The minimum atomic E-state index is -4.48. The van der Waals surface area contributed by atoms with Gasteiger partial charge in [-0.25, -0.2) is 0 Å². The predicted octanol–water partition coefficient (Wildman–Crippen LogP) is 4.79. The van der Waals surface area contributed by atoms with E-state index in [4.69, 9.17) is 9.47 Å². The van der Waals surface area contributed by atoms with Crippen molar-refractivity contribution in [1.29, 1.82) is 0 Å². The van der Waals surface area contributed by atoms with Crippen molar-refractivity contribution < 1.29 is 22.6 Å². The van der Waals surface area contributed by atoms with Crippen LogP contribution in [0.4, 0.5) is 13.2 Å². The lowest BCUT2D eigenvalue weighted by atomic mass is 10.1. The zero-order valence-corrected chi connectivity index (χ0v) is 13.0. The van der Waals surface area contributed by atoms with Crippen molar-refractivity contribution in [3.63, 3.8) is 0 Å². The molecule has 2 heterocycles. The van der Waals surface area contributed by atoms with Crippen LogP contribution in [0.2, 0.25) is 0 Å². The molecule has 1 aromatic heterocycles. The van der Waals surface area contributed by atoms with Crippen LogP contribution >= 0.6 is 0 Å². The molecule has 1 aliphatic heterocycles. The van der Waals surface area contributed by atoms with Crippen molar-refractivity contribution in [3.8, 4) is 35.0 Å². The third-order valence-corrected chi connectivity index (χ3v) is 3.56. The summed E-state index contributed by atoms with van der Waals surface area (Å²) in [7, 11) is 0. The highest BCUT2D eigenvalue weighted by Crippen LogP contribution is 2.43. The summed E-state index contributed by atoms with van der Waals surface area (Å²) in [6, 6.07) is 13.6. The van der Waals surface area contributed by atoms with E-state index in [-0.39, 0.29) is 17.1 Å². The van der Waals surface area contributed by atoms with Crippen molar-refractivity contribution in [2.75, 3.05) is 0 Å². The maximum Gasteiger partial charge on any atom is 0.417 e. The largest absolute Gasteiger partial charge is 0.448 e. The topological polar surface area (TPSA) is 44.2 Å². The van der Waals surface area contributed by atoms with Crippen molar-refractivity contribution in [1.82, 2.24) is 10.2 Å². The number of fused-ring (bicyclic) bond motifs is 2. The van der Waals surface area contributed by atoms with Crippen LogP contribution in [0.25, 0.3) is 0 Å². The fourth-order valence-corrected chi connectivity index (χ4v) is 2.38. The van der Waals surface area contributed by atoms with Crippen LogP contribution in [0, 0.1) is 11.8 Å². The Morgan fingerprint density at radius 3 is 2.23 bits per heavy atom. The number of hydrogen-bond donors (Lipinski definition) is 0. The van der Waals surface area contributed by atoms with Gasteiger partial charge in [-0.05, 0) is 30.2 Å². The number of rotatable bonds is 0. The molecule has 4 rings (SSSR count). The molecular formula is C19H9F3N2O2. The standard InChI is InChI=1S/C19H9F3N2O2/c20-19(21,22)14-6-2-1-5-12(14)9-10-13-11-17-18(24-23-13)26-16-8-4-3-7-15(16)25-17/h1-8,11H. The van der Waals surface area contributed by atoms with E-state index in [1.807, 2.05) is 0 Å². The Labute approximate surface area is 146 Å². The van der Waals surface area contributed by atoms with E-state index < -0.39 is 11.7 Å². The van der Waals surface area contributed by atoms with Crippen LogP contribution in [-0.2, 0) is 6.18 Å². The van der Waals surface area contributed by atoms with Crippen LogP contribution in [0.1, 0.15) is 16.8 Å². The lowest BCUT2D eigenvalue weighted by Gasteiger charge is -2.18. The van der Waals surface area contributed by atoms with Gasteiger partial charge in [-0.3, -0.25) is 0 Å². The maximum absolute atomic E-state index is 13.0. The van der Waals surface area contributed by atoms with Crippen molar-refractivity contribution >= 4 is 0 Å². The number of hydrogen-bond acceptors (Lipinski definition) is 4. The van der Waals surface area contributed by atoms with E-state index in [0.29, 0.717) is 17.2 Å². The molecule has 0 unspecified atom stereocenters. The second kappa shape index (κ2) is 6.08. The van der Waals surface area contributed by atoms with Crippen LogP contribution < -0.4 is 9.47 Å². The Morgan fingerprint density at radius 2 is 1.46 bits per heavy atom. The Bertz CT molecular complexity index is 1050. The number of ether oxygens (including phenoxy) is 2. The summed E-state index contributed by atoms with van der Waals surface area (Å²) in [5.41, 5.74) is -0.766. The van der Waals surface area contributed by atoms with Gasteiger partial charge >= 0.3 is 6.18 Å². The normalized spacial score (nSPS) is 12.0. The van der Waals surface area contributed by atoms with Crippen LogP contribution in [0.3, 0.4) is 0 Å². The summed E-state index contributed by atoms with van der Waals surface area (Å²) in [6.45, 7) is 0. The van der Waals surface area contributed by atoms with E-state index in [0.717, 1.165) is 6.07 Å². The van der Waals surface area contributed by atoms with Crippen LogP contribution in [-0.4, -0.2) is 10.2 Å². The summed E-state index contributed by atoms with van der Waals surface area (Å²) >= 11 is 0. The minimum Gasteiger partial charge on any atom is -0.448 e. The number of para-hydroxylation sites is 2. The van der Waals surface area contributed by atoms with Crippen LogP contribution in [0.5, 0.6) is 23.1 Å². The number of halogens is 3. The smallest absolute Gasteiger partial charge is 0.417 e. The first-order chi connectivity index (χ1) is 12.5. The lowest BCUT2D eigenvalue weighted by molar-refractivity contribution is -0.137. The fraction of sp³-hybridized carbons (Fsp3) is 0.0526. The van der Waals surface area contributed by atoms with Gasteiger partial charge in [0, 0.05) is 11.6 Å². The summed E-state index contributed by atoms with van der Waals surface area (Å²) < 4.78 is 50.3. The maximum atomic E-state index is 13.0. The van der Waals surface area contributed by atoms with E-state index >= 15 is 0 Å². The summed E-state index contributed by atoms with van der Waals surface area (Å²) in [6.07, 6.45) is -4.48. The zero-order valence-electron chi connectivity index (χ0n) is 13.0. The second-order valence-corrected chi connectivity index (χ2v) is 5.34. The van der Waals surface area contributed by atoms with E-state index in [2.05, 4.69) is 22.0 Å². The van der Waals surface area contributed by atoms with E-state index in [1.165, 1.54) is 24.3 Å². The van der Waals surface area contributed by atoms with Gasteiger partial charge in [0.1, 0.15) is 5.69 Å². The van der Waals surface area contributed by atoms with Gasteiger partial charge in [0.2, 0.25) is 0 Å². The molecule has 0 N–H and O–H groups in total. The molecule has 0 spiro atoms. The van der Waals surface area contributed by atoms with Gasteiger partial charge in [-0.1, -0.05) is 30.2 Å². The van der Waals surface area contributed by atoms with Gasteiger partial charge in [0.05, 0.1) is 5.56 Å². The molecule has 1 aliphatic rings. The predicted molar refractivity (Wildman–Crippen MR) is 86.0 cm³/mol. The highest BCUT2D eigenvalue weighted by atomic mass is 19.4. The molecule has 2 aromatic carbocycles. The lowest BCUT2D eigenvalue weighted by Crippen LogP contribution is -2.07. The minimum absolute atomic E-state index is 0.137. The second-order valence-electron chi connectivity index (χ2n) is 5.34. The highest BCUT2D eigenvalue weighted by molar-refractivity contribution is 5.53. The molecule has 0 bridgehead atoms. The van der Waals surface area contributed by atoms with E-state index in [9.17, 15) is 13.2 Å². The number of benzene rings is 2. The molecule has 7 heteroatoms. The monoisotopic (exact) mass is 354 g/mol. The Kier molecular flexibility index (Phi) is 3.73. The fourth-order valence-electron chi connectivity index (χ4n) is 2.38.